The van der Waals surface area contributed by atoms with E-state index in [-0.39, 0.29) is 10.9 Å². The second kappa shape index (κ2) is 8.70. The zero-order chi connectivity index (χ0) is 22.8. The molecule has 0 radical (unpaired) electrons. The van der Waals surface area contributed by atoms with Gasteiger partial charge in [0.2, 0.25) is 5.95 Å². The van der Waals surface area contributed by atoms with Crippen LogP contribution in [0.2, 0.25) is 0 Å². The van der Waals surface area contributed by atoms with E-state index in [9.17, 15) is 8.42 Å². The number of anilines is 1. The Morgan fingerprint density at radius 1 is 1.12 bits per heavy atom. The minimum atomic E-state index is -3.81. The molecule has 0 aliphatic carbocycles. The lowest BCUT2D eigenvalue weighted by molar-refractivity contribution is 0.478. The summed E-state index contributed by atoms with van der Waals surface area (Å²) >= 11 is 0. The van der Waals surface area contributed by atoms with Crippen LogP contribution in [0.15, 0.2) is 71.9 Å². The molecule has 1 atom stereocenters. The highest BCUT2D eigenvalue weighted by Gasteiger charge is 2.23. The molecule has 1 aliphatic rings. The standard InChI is InChI=1S/C25H23N5O2S/c1-2-18-15-27-25(28-19-9-8-14-26-16-19)29-24(18)22-17-30(23-13-7-6-12-21(22)23)33(31,32)20-10-4-3-5-11-20/h1,3-7,10-13,15,17,19,26H,8-9,14,16H2,(H,27,28,29). The van der Waals surface area contributed by atoms with E-state index in [4.69, 9.17) is 11.4 Å². The minimum absolute atomic E-state index is 0.212. The van der Waals surface area contributed by atoms with Crippen molar-refractivity contribution in [3.05, 3.63) is 72.6 Å². The molecule has 5 rings (SSSR count). The molecule has 2 N–H and O–H groups in total. The predicted molar refractivity (Wildman–Crippen MR) is 129 cm³/mol. The van der Waals surface area contributed by atoms with Gasteiger partial charge < -0.3 is 10.6 Å². The number of terminal acetylenes is 1. The van der Waals surface area contributed by atoms with Gasteiger partial charge in [-0.15, -0.1) is 6.42 Å². The van der Waals surface area contributed by atoms with Gasteiger partial charge in [-0.05, 0) is 37.6 Å². The lowest BCUT2D eigenvalue weighted by Gasteiger charge is -2.23. The van der Waals surface area contributed by atoms with Crippen LogP contribution < -0.4 is 10.6 Å². The Kier molecular flexibility index (Phi) is 5.58. The Balaban J connectivity index is 1.65. The number of rotatable bonds is 5. The number of piperidine rings is 1. The fourth-order valence-corrected chi connectivity index (χ4v) is 5.55. The number of nitrogens with zero attached hydrogens (tertiary/aromatic N) is 3. The zero-order valence-electron chi connectivity index (χ0n) is 17.9. The zero-order valence-corrected chi connectivity index (χ0v) is 18.7. The summed E-state index contributed by atoms with van der Waals surface area (Å²) in [4.78, 5) is 9.33. The van der Waals surface area contributed by atoms with Crippen molar-refractivity contribution in [3.63, 3.8) is 0 Å². The van der Waals surface area contributed by atoms with Crippen molar-refractivity contribution >= 4 is 26.9 Å². The molecule has 1 saturated heterocycles. The van der Waals surface area contributed by atoms with Gasteiger partial charge in [0, 0.05) is 35.9 Å². The summed E-state index contributed by atoms with van der Waals surface area (Å²) in [5.41, 5.74) is 2.23. The molecule has 3 heterocycles. The molecule has 1 unspecified atom stereocenters. The van der Waals surface area contributed by atoms with Gasteiger partial charge in [0.25, 0.3) is 10.0 Å². The van der Waals surface area contributed by atoms with Gasteiger partial charge >= 0.3 is 0 Å². The Bertz CT molecular complexity index is 1450. The summed E-state index contributed by atoms with van der Waals surface area (Å²) in [5.74, 6) is 3.12. The molecular weight excluding hydrogens is 434 g/mol. The van der Waals surface area contributed by atoms with Crippen LogP contribution in [0.4, 0.5) is 5.95 Å². The second-order valence-electron chi connectivity index (χ2n) is 7.96. The molecule has 1 fully saturated rings. The SMILES string of the molecule is C#Cc1cnc(NC2CCCNC2)nc1-c1cn(S(=O)(=O)c2ccccc2)c2ccccc12. The number of hydrogen-bond acceptors (Lipinski definition) is 6. The van der Waals surface area contributed by atoms with Gasteiger partial charge in [0.1, 0.15) is 0 Å². The topological polar surface area (TPSA) is 88.9 Å². The first-order valence-electron chi connectivity index (χ1n) is 10.8. The monoisotopic (exact) mass is 457 g/mol. The summed E-state index contributed by atoms with van der Waals surface area (Å²) in [6, 6.07) is 15.9. The lowest BCUT2D eigenvalue weighted by atomic mass is 10.1. The normalized spacial score (nSPS) is 16.4. The van der Waals surface area contributed by atoms with Crippen LogP contribution in [-0.2, 0) is 10.0 Å². The number of para-hydroxylation sites is 1. The number of hydrogen-bond donors (Lipinski definition) is 2. The van der Waals surface area contributed by atoms with E-state index in [1.807, 2.05) is 18.2 Å². The van der Waals surface area contributed by atoms with E-state index in [2.05, 4.69) is 21.5 Å². The largest absolute Gasteiger partial charge is 0.350 e. The first-order chi connectivity index (χ1) is 16.1. The first kappa shape index (κ1) is 21.2. The number of benzene rings is 2. The van der Waals surface area contributed by atoms with Crippen molar-refractivity contribution in [1.29, 1.82) is 0 Å². The molecule has 0 bridgehead atoms. The predicted octanol–water partition coefficient (Wildman–Crippen LogP) is 3.48. The van der Waals surface area contributed by atoms with E-state index in [1.54, 1.807) is 48.8 Å². The summed E-state index contributed by atoms with van der Waals surface area (Å²) in [5, 5.41) is 7.49. The highest BCUT2D eigenvalue weighted by Crippen LogP contribution is 2.34. The molecule has 0 saturated carbocycles. The van der Waals surface area contributed by atoms with Crippen LogP contribution in [0.25, 0.3) is 22.2 Å². The molecule has 4 aromatic rings. The summed E-state index contributed by atoms with van der Waals surface area (Å²) in [7, 11) is -3.81. The van der Waals surface area contributed by atoms with Crippen LogP contribution in [0.5, 0.6) is 0 Å². The Labute approximate surface area is 192 Å². The average Bonchev–Trinajstić information content (AvgIpc) is 3.26. The highest BCUT2D eigenvalue weighted by molar-refractivity contribution is 7.90. The van der Waals surface area contributed by atoms with Gasteiger partial charge in [-0.1, -0.05) is 42.3 Å². The summed E-state index contributed by atoms with van der Waals surface area (Å²) < 4.78 is 28.2. The third-order valence-electron chi connectivity index (χ3n) is 5.81. The number of nitrogens with one attached hydrogen (secondary N) is 2. The lowest BCUT2D eigenvalue weighted by Crippen LogP contribution is -2.38. The highest BCUT2D eigenvalue weighted by atomic mass is 32.2. The fraction of sp³-hybridized carbons (Fsp3) is 0.200. The van der Waals surface area contributed by atoms with Crippen molar-refractivity contribution in [2.75, 3.05) is 18.4 Å². The van der Waals surface area contributed by atoms with Crippen molar-refractivity contribution in [3.8, 4) is 23.6 Å². The maximum atomic E-state index is 13.4. The van der Waals surface area contributed by atoms with E-state index >= 15 is 0 Å². The van der Waals surface area contributed by atoms with Crippen LogP contribution in [0, 0.1) is 12.3 Å². The fourth-order valence-electron chi connectivity index (χ4n) is 4.16. The maximum Gasteiger partial charge on any atom is 0.268 e. The minimum Gasteiger partial charge on any atom is -0.350 e. The van der Waals surface area contributed by atoms with E-state index < -0.39 is 10.0 Å². The van der Waals surface area contributed by atoms with Gasteiger partial charge in [-0.3, -0.25) is 0 Å². The molecule has 8 heteroatoms. The molecule has 166 valence electrons. The van der Waals surface area contributed by atoms with Crippen LogP contribution in [0.3, 0.4) is 0 Å². The summed E-state index contributed by atoms with van der Waals surface area (Å²) in [6.07, 6.45) is 11.1. The van der Waals surface area contributed by atoms with Gasteiger partial charge in [0.05, 0.1) is 21.7 Å². The Hall–Kier alpha value is -3.67. The quantitative estimate of drug-likeness (QED) is 0.446. The molecule has 33 heavy (non-hydrogen) atoms. The molecule has 1 aliphatic heterocycles. The molecule has 7 nitrogen and oxygen atoms in total. The van der Waals surface area contributed by atoms with Gasteiger partial charge in [-0.25, -0.2) is 22.4 Å². The Morgan fingerprint density at radius 3 is 2.67 bits per heavy atom. The molecular formula is C25H23N5O2S. The smallest absolute Gasteiger partial charge is 0.268 e. The molecule has 2 aromatic carbocycles. The second-order valence-corrected chi connectivity index (χ2v) is 9.78. The van der Waals surface area contributed by atoms with E-state index in [1.165, 1.54) is 3.97 Å². The summed E-state index contributed by atoms with van der Waals surface area (Å²) in [6.45, 7) is 1.85. The van der Waals surface area contributed by atoms with Crippen LogP contribution in [0.1, 0.15) is 18.4 Å². The van der Waals surface area contributed by atoms with Gasteiger partial charge in [-0.2, -0.15) is 0 Å². The number of fused-ring (bicyclic) bond motifs is 1. The van der Waals surface area contributed by atoms with Crippen molar-refractivity contribution in [1.82, 2.24) is 19.3 Å². The van der Waals surface area contributed by atoms with Crippen LogP contribution >= 0.6 is 0 Å². The van der Waals surface area contributed by atoms with Crippen molar-refractivity contribution in [2.24, 2.45) is 0 Å². The third-order valence-corrected chi connectivity index (χ3v) is 7.50. The maximum absolute atomic E-state index is 13.4. The van der Waals surface area contributed by atoms with Crippen molar-refractivity contribution in [2.45, 2.75) is 23.8 Å². The average molecular weight is 458 g/mol. The third kappa shape index (κ3) is 3.97. The number of aromatic nitrogens is 3. The Morgan fingerprint density at radius 2 is 1.91 bits per heavy atom. The van der Waals surface area contributed by atoms with Crippen LogP contribution in [-0.4, -0.2) is 41.5 Å². The van der Waals surface area contributed by atoms with Gasteiger partial charge in [0.15, 0.2) is 0 Å². The van der Waals surface area contributed by atoms with E-state index in [0.717, 1.165) is 31.3 Å². The molecule has 2 aromatic heterocycles. The van der Waals surface area contributed by atoms with E-state index in [0.29, 0.717) is 28.3 Å². The molecule has 0 amide bonds. The van der Waals surface area contributed by atoms with Crippen molar-refractivity contribution < 1.29 is 8.42 Å². The molecule has 0 spiro atoms. The first-order valence-corrected chi connectivity index (χ1v) is 12.2.